The molecule has 1 heterocycles. The van der Waals surface area contributed by atoms with Crippen molar-refractivity contribution in [3.8, 4) is 0 Å². The van der Waals surface area contributed by atoms with Gasteiger partial charge in [0, 0.05) is 12.8 Å². The predicted octanol–water partition coefficient (Wildman–Crippen LogP) is 0.959. The van der Waals surface area contributed by atoms with Crippen molar-refractivity contribution in [3.63, 3.8) is 0 Å². The summed E-state index contributed by atoms with van der Waals surface area (Å²) >= 11 is 0. The molecule has 0 amide bonds. The second kappa shape index (κ2) is 4.18. The minimum atomic E-state index is 0.611. The van der Waals surface area contributed by atoms with Crippen LogP contribution in [0.4, 0.5) is 0 Å². The van der Waals surface area contributed by atoms with Crippen LogP contribution in [0.15, 0.2) is 0 Å². The van der Waals surface area contributed by atoms with Crippen molar-refractivity contribution in [2.24, 2.45) is 0 Å². The molecule has 1 aromatic heterocycles. The summed E-state index contributed by atoms with van der Waals surface area (Å²) in [6.07, 6.45) is 0.848. The maximum Gasteiger partial charge on any atom is 0.153 e. The van der Waals surface area contributed by atoms with E-state index in [1.807, 2.05) is 13.8 Å². The minimum absolute atomic E-state index is 0.611. The fraction of sp³-hybridized carbons (Fsp3) is 0.556. The number of rotatable bonds is 4. The van der Waals surface area contributed by atoms with E-state index < -0.39 is 0 Å². The number of aromatic nitrogens is 2. The molecule has 0 bridgehead atoms. The van der Waals surface area contributed by atoms with Crippen LogP contribution in [0.3, 0.4) is 0 Å². The van der Waals surface area contributed by atoms with Gasteiger partial charge in [0.2, 0.25) is 0 Å². The number of hydrogen-bond acceptors (Lipinski definition) is 3. The molecule has 0 fully saturated rings. The lowest BCUT2D eigenvalue weighted by Gasteiger charge is -2.02. The molecule has 0 saturated heterocycles. The molecule has 0 saturated carbocycles. The summed E-state index contributed by atoms with van der Waals surface area (Å²) in [5.41, 5.74) is 2.38. The van der Waals surface area contributed by atoms with Crippen LogP contribution in [-0.2, 0) is 11.3 Å². The van der Waals surface area contributed by atoms with Gasteiger partial charge >= 0.3 is 0 Å². The quantitative estimate of drug-likeness (QED) is 0.651. The van der Waals surface area contributed by atoms with Gasteiger partial charge in [0.15, 0.2) is 6.29 Å². The fourth-order valence-corrected chi connectivity index (χ4v) is 1.28. The summed E-state index contributed by atoms with van der Waals surface area (Å²) in [6, 6.07) is 0. The molecule has 0 aromatic carbocycles. The Kier molecular flexibility index (Phi) is 3.19. The highest BCUT2D eigenvalue weighted by atomic mass is 16.5. The number of ether oxygens (including phenoxy) is 1. The first kappa shape index (κ1) is 9.92. The van der Waals surface area contributed by atoms with Gasteiger partial charge in [-0.05, 0) is 13.8 Å². The van der Waals surface area contributed by atoms with Crippen molar-refractivity contribution in [3.05, 3.63) is 17.0 Å². The molecule has 0 aliphatic rings. The van der Waals surface area contributed by atoms with Crippen molar-refractivity contribution in [1.29, 1.82) is 0 Å². The molecule has 0 aliphatic heterocycles. The number of aldehydes is 1. The van der Waals surface area contributed by atoms with Gasteiger partial charge in [-0.1, -0.05) is 0 Å². The first-order chi connectivity index (χ1) is 6.20. The summed E-state index contributed by atoms with van der Waals surface area (Å²) in [6.45, 7) is 5.02. The zero-order valence-corrected chi connectivity index (χ0v) is 8.20. The molecular formula is C9H14N2O2. The molecular weight excluding hydrogens is 168 g/mol. The smallest absolute Gasteiger partial charge is 0.153 e. The molecule has 0 unspecified atom stereocenters. The van der Waals surface area contributed by atoms with E-state index in [0.717, 1.165) is 17.7 Å². The maximum atomic E-state index is 10.7. The van der Waals surface area contributed by atoms with Crippen molar-refractivity contribution < 1.29 is 9.53 Å². The molecule has 0 spiro atoms. The highest BCUT2D eigenvalue weighted by Gasteiger charge is 2.09. The normalized spacial score (nSPS) is 10.4. The lowest BCUT2D eigenvalue weighted by Crippen LogP contribution is -2.07. The SMILES string of the molecule is COCCn1nc(C)c(C=O)c1C. The van der Waals surface area contributed by atoms with Gasteiger partial charge in [0.1, 0.15) is 0 Å². The first-order valence-electron chi connectivity index (χ1n) is 4.18. The van der Waals surface area contributed by atoms with Gasteiger partial charge in [-0.2, -0.15) is 5.10 Å². The third-order valence-electron chi connectivity index (χ3n) is 2.06. The van der Waals surface area contributed by atoms with E-state index in [0.29, 0.717) is 18.7 Å². The average Bonchev–Trinajstić information content (AvgIpc) is 2.38. The standard InChI is InChI=1S/C9H14N2O2/c1-7-9(6-12)8(2)11(10-7)4-5-13-3/h6H,4-5H2,1-3H3. The second-order valence-electron chi connectivity index (χ2n) is 2.92. The Hall–Kier alpha value is -1.16. The Balaban J connectivity index is 2.90. The van der Waals surface area contributed by atoms with E-state index in [1.165, 1.54) is 0 Å². The van der Waals surface area contributed by atoms with E-state index in [1.54, 1.807) is 11.8 Å². The van der Waals surface area contributed by atoms with E-state index >= 15 is 0 Å². The average molecular weight is 182 g/mol. The fourth-order valence-electron chi connectivity index (χ4n) is 1.28. The Morgan fingerprint density at radius 3 is 2.69 bits per heavy atom. The lowest BCUT2D eigenvalue weighted by atomic mass is 10.2. The summed E-state index contributed by atoms with van der Waals surface area (Å²) in [5.74, 6) is 0. The Morgan fingerprint density at radius 2 is 2.23 bits per heavy atom. The highest BCUT2D eigenvalue weighted by Crippen LogP contribution is 2.09. The van der Waals surface area contributed by atoms with Crippen LogP contribution in [0.1, 0.15) is 21.7 Å². The third kappa shape index (κ3) is 1.95. The van der Waals surface area contributed by atoms with Gasteiger partial charge in [-0.3, -0.25) is 9.48 Å². The lowest BCUT2D eigenvalue weighted by molar-refractivity contribution is 0.112. The van der Waals surface area contributed by atoms with Gasteiger partial charge in [-0.15, -0.1) is 0 Å². The van der Waals surface area contributed by atoms with E-state index in [4.69, 9.17) is 4.74 Å². The topological polar surface area (TPSA) is 44.1 Å². The molecule has 1 aromatic rings. The highest BCUT2D eigenvalue weighted by molar-refractivity contribution is 5.77. The number of aryl methyl sites for hydroxylation is 1. The van der Waals surface area contributed by atoms with E-state index in [9.17, 15) is 4.79 Å². The summed E-state index contributed by atoms with van der Waals surface area (Å²) < 4.78 is 6.73. The number of hydrogen-bond donors (Lipinski definition) is 0. The van der Waals surface area contributed by atoms with Crippen molar-refractivity contribution in [2.75, 3.05) is 13.7 Å². The van der Waals surface area contributed by atoms with Crippen molar-refractivity contribution >= 4 is 6.29 Å². The second-order valence-corrected chi connectivity index (χ2v) is 2.92. The molecule has 4 heteroatoms. The Morgan fingerprint density at radius 1 is 1.54 bits per heavy atom. The van der Waals surface area contributed by atoms with Gasteiger partial charge in [0.25, 0.3) is 0 Å². The predicted molar refractivity (Wildman–Crippen MR) is 49.0 cm³/mol. The van der Waals surface area contributed by atoms with Crippen molar-refractivity contribution in [2.45, 2.75) is 20.4 Å². The van der Waals surface area contributed by atoms with Crippen LogP contribution in [0.2, 0.25) is 0 Å². The van der Waals surface area contributed by atoms with Crippen LogP contribution in [-0.4, -0.2) is 29.8 Å². The van der Waals surface area contributed by atoms with Gasteiger partial charge in [-0.25, -0.2) is 0 Å². The molecule has 0 radical (unpaired) electrons. The minimum Gasteiger partial charge on any atom is -0.383 e. The molecule has 1 rings (SSSR count). The molecule has 0 aliphatic carbocycles. The molecule has 0 atom stereocenters. The number of nitrogens with zero attached hydrogens (tertiary/aromatic N) is 2. The van der Waals surface area contributed by atoms with Crippen LogP contribution < -0.4 is 0 Å². The monoisotopic (exact) mass is 182 g/mol. The Bertz CT molecular complexity index is 305. The maximum absolute atomic E-state index is 10.7. The van der Waals surface area contributed by atoms with Crippen LogP contribution >= 0.6 is 0 Å². The molecule has 0 N–H and O–H groups in total. The number of carbonyl (C=O) groups excluding carboxylic acids is 1. The van der Waals surface area contributed by atoms with Crippen LogP contribution in [0.25, 0.3) is 0 Å². The van der Waals surface area contributed by atoms with Crippen LogP contribution in [0, 0.1) is 13.8 Å². The van der Waals surface area contributed by atoms with Gasteiger partial charge < -0.3 is 4.74 Å². The summed E-state index contributed by atoms with van der Waals surface area (Å²) in [5, 5.41) is 4.22. The largest absolute Gasteiger partial charge is 0.383 e. The van der Waals surface area contributed by atoms with Gasteiger partial charge in [0.05, 0.1) is 24.4 Å². The van der Waals surface area contributed by atoms with Crippen molar-refractivity contribution in [1.82, 2.24) is 9.78 Å². The zero-order chi connectivity index (χ0) is 9.84. The van der Waals surface area contributed by atoms with Crippen LogP contribution in [0.5, 0.6) is 0 Å². The summed E-state index contributed by atoms with van der Waals surface area (Å²) in [7, 11) is 1.65. The molecule has 13 heavy (non-hydrogen) atoms. The summed E-state index contributed by atoms with van der Waals surface area (Å²) in [4.78, 5) is 10.7. The van der Waals surface area contributed by atoms with E-state index in [2.05, 4.69) is 5.10 Å². The third-order valence-corrected chi connectivity index (χ3v) is 2.06. The van der Waals surface area contributed by atoms with E-state index in [-0.39, 0.29) is 0 Å². The molecule has 4 nitrogen and oxygen atoms in total. The zero-order valence-electron chi connectivity index (χ0n) is 8.20. The number of methoxy groups -OCH3 is 1. The number of carbonyl (C=O) groups is 1. The molecule has 72 valence electrons. The Labute approximate surface area is 77.5 Å². The first-order valence-corrected chi connectivity index (χ1v) is 4.18.